The van der Waals surface area contributed by atoms with Crippen molar-refractivity contribution in [1.29, 1.82) is 0 Å². The molecule has 4 aromatic rings. The fraction of sp³-hybridized carbons (Fsp3) is 0.107. The minimum absolute atomic E-state index is 0.879. The Kier molecular flexibility index (Phi) is 7.99. The summed E-state index contributed by atoms with van der Waals surface area (Å²) in [4.78, 5) is 4.41. The van der Waals surface area contributed by atoms with Gasteiger partial charge in [0.25, 0.3) is 0 Å². The second-order valence-electron chi connectivity index (χ2n) is 7.22. The Morgan fingerprint density at radius 3 is 1.97 bits per heavy atom. The van der Waals surface area contributed by atoms with Crippen molar-refractivity contribution in [3.8, 4) is 0 Å². The fourth-order valence-corrected chi connectivity index (χ4v) is 2.95. The van der Waals surface area contributed by atoms with E-state index in [0.717, 1.165) is 17.8 Å². The van der Waals surface area contributed by atoms with Crippen LogP contribution in [0.15, 0.2) is 114 Å². The Balaban J connectivity index is 0.000000171. The number of aryl methyl sites for hydroxylation is 2. The van der Waals surface area contributed by atoms with E-state index >= 15 is 0 Å². The molecule has 0 amide bonds. The van der Waals surface area contributed by atoms with Crippen molar-refractivity contribution in [2.75, 3.05) is 5.32 Å². The van der Waals surface area contributed by atoms with Gasteiger partial charge in [-0.05, 0) is 60.4 Å². The predicted molar refractivity (Wildman–Crippen MR) is 130 cm³/mol. The second kappa shape index (κ2) is 11.4. The molecular weight excluding hydrogens is 364 g/mol. The first kappa shape index (κ1) is 21.1. The van der Waals surface area contributed by atoms with Crippen LogP contribution in [0.2, 0.25) is 0 Å². The van der Waals surface area contributed by atoms with Crippen LogP contribution in [0.5, 0.6) is 0 Å². The largest absolute Gasteiger partial charge is 0.381 e. The third-order valence-corrected chi connectivity index (χ3v) is 4.52. The van der Waals surface area contributed by atoms with Crippen LogP contribution in [0.3, 0.4) is 0 Å². The van der Waals surface area contributed by atoms with E-state index in [9.17, 15) is 0 Å². The predicted octanol–water partition coefficient (Wildman–Crippen LogP) is 7.35. The summed E-state index contributed by atoms with van der Waals surface area (Å²) in [7, 11) is 0. The van der Waals surface area contributed by atoms with Gasteiger partial charge >= 0.3 is 0 Å². The van der Waals surface area contributed by atoms with E-state index in [-0.39, 0.29) is 0 Å². The van der Waals surface area contributed by atoms with Crippen LogP contribution >= 0.6 is 0 Å². The molecule has 0 bridgehead atoms. The van der Waals surface area contributed by atoms with Crippen LogP contribution in [0, 0.1) is 13.8 Å². The molecule has 4 aromatic carbocycles. The van der Waals surface area contributed by atoms with Gasteiger partial charge in [0.2, 0.25) is 0 Å². The van der Waals surface area contributed by atoms with E-state index in [4.69, 9.17) is 0 Å². The summed E-state index contributed by atoms with van der Waals surface area (Å²) < 4.78 is 0. The summed E-state index contributed by atoms with van der Waals surface area (Å²) in [5.41, 5.74) is 7.13. The van der Waals surface area contributed by atoms with E-state index < -0.39 is 0 Å². The minimum Gasteiger partial charge on any atom is -0.381 e. The lowest BCUT2D eigenvalue weighted by Gasteiger charge is -2.06. The van der Waals surface area contributed by atoms with Crippen molar-refractivity contribution in [1.82, 2.24) is 0 Å². The maximum atomic E-state index is 4.41. The van der Waals surface area contributed by atoms with Crippen molar-refractivity contribution in [2.24, 2.45) is 4.99 Å². The topological polar surface area (TPSA) is 24.4 Å². The average molecular weight is 393 g/mol. The van der Waals surface area contributed by atoms with Gasteiger partial charge < -0.3 is 5.32 Å². The number of nitrogens with one attached hydrogen (secondary N) is 1. The molecule has 0 aliphatic heterocycles. The quantitative estimate of drug-likeness (QED) is 0.353. The van der Waals surface area contributed by atoms with Gasteiger partial charge in [-0.15, -0.1) is 0 Å². The van der Waals surface area contributed by atoms with Crippen LogP contribution in [0.1, 0.15) is 22.3 Å². The second-order valence-corrected chi connectivity index (χ2v) is 7.22. The Labute approximate surface area is 180 Å². The smallest absolute Gasteiger partial charge is 0.0632 e. The van der Waals surface area contributed by atoms with Gasteiger partial charge in [0, 0.05) is 18.4 Å². The van der Waals surface area contributed by atoms with Crippen molar-refractivity contribution < 1.29 is 0 Å². The van der Waals surface area contributed by atoms with Gasteiger partial charge in [0.1, 0.15) is 0 Å². The number of anilines is 1. The van der Waals surface area contributed by atoms with E-state index in [1.54, 1.807) is 0 Å². The van der Waals surface area contributed by atoms with E-state index in [1.807, 2.05) is 54.7 Å². The Bertz CT molecular complexity index is 1050. The number of nitrogens with zero attached hydrogens (tertiary/aromatic N) is 1. The highest BCUT2D eigenvalue weighted by Gasteiger charge is 1.93. The Morgan fingerprint density at radius 1 is 0.667 bits per heavy atom. The van der Waals surface area contributed by atoms with E-state index in [2.05, 4.69) is 84.8 Å². The molecule has 30 heavy (non-hydrogen) atoms. The maximum Gasteiger partial charge on any atom is 0.0632 e. The van der Waals surface area contributed by atoms with Crippen LogP contribution in [-0.4, -0.2) is 6.21 Å². The highest BCUT2D eigenvalue weighted by Crippen LogP contribution is 2.13. The molecule has 0 atom stereocenters. The summed E-state index contributed by atoms with van der Waals surface area (Å²) in [5, 5.41) is 3.40. The van der Waals surface area contributed by atoms with Crippen LogP contribution < -0.4 is 5.32 Å². The van der Waals surface area contributed by atoms with E-state index in [1.165, 1.54) is 22.4 Å². The van der Waals surface area contributed by atoms with Crippen molar-refractivity contribution in [2.45, 2.75) is 20.4 Å². The molecule has 0 aromatic heterocycles. The number of benzene rings is 4. The molecule has 0 heterocycles. The molecule has 1 N–H and O–H groups in total. The first-order valence-corrected chi connectivity index (χ1v) is 10.2. The molecule has 4 rings (SSSR count). The first-order chi connectivity index (χ1) is 14.7. The number of hydrogen-bond acceptors (Lipinski definition) is 2. The minimum atomic E-state index is 0.879. The number of aliphatic imine (C=N–C) groups is 1. The third-order valence-electron chi connectivity index (χ3n) is 4.52. The van der Waals surface area contributed by atoms with Gasteiger partial charge in [-0.1, -0.05) is 84.9 Å². The van der Waals surface area contributed by atoms with Crippen molar-refractivity contribution >= 4 is 17.6 Å². The summed E-state index contributed by atoms with van der Waals surface area (Å²) in [6.07, 6.45) is 1.88. The maximum absolute atomic E-state index is 4.41. The van der Waals surface area contributed by atoms with Crippen molar-refractivity contribution in [3.63, 3.8) is 0 Å². The van der Waals surface area contributed by atoms with Crippen molar-refractivity contribution in [3.05, 3.63) is 131 Å². The lowest BCUT2D eigenvalue weighted by Crippen LogP contribution is -1.98. The number of hydrogen-bond donors (Lipinski definition) is 1. The van der Waals surface area contributed by atoms with Gasteiger partial charge in [-0.25, -0.2) is 0 Å². The zero-order valence-electron chi connectivity index (χ0n) is 17.6. The summed E-state index contributed by atoms with van der Waals surface area (Å²) >= 11 is 0. The van der Waals surface area contributed by atoms with Crippen LogP contribution in [0.25, 0.3) is 0 Å². The normalized spacial score (nSPS) is 10.3. The molecule has 0 unspecified atom stereocenters. The van der Waals surface area contributed by atoms with Gasteiger partial charge in [0.15, 0.2) is 0 Å². The van der Waals surface area contributed by atoms with Gasteiger partial charge in [-0.2, -0.15) is 0 Å². The molecule has 150 valence electrons. The number of rotatable bonds is 5. The monoisotopic (exact) mass is 392 g/mol. The average Bonchev–Trinajstić information content (AvgIpc) is 2.78. The molecule has 0 aliphatic rings. The molecule has 0 saturated heterocycles. The zero-order chi connectivity index (χ0) is 21.0. The van der Waals surface area contributed by atoms with E-state index in [0.29, 0.717) is 0 Å². The highest BCUT2D eigenvalue weighted by molar-refractivity contribution is 5.81. The highest BCUT2D eigenvalue weighted by atomic mass is 14.9. The lowest BCUT2D eigenvalue weighted by molar-refractivity contribution is 1.15. The fourth-order valence-electron chi connectivity index (χ4n) is 2.95. The molecule has 0 saturated carbocycles. The lowest BCUT2D eigenvalue weighted by atomic mass is 10.2. The summed E-state index contributed by atoms with van der Waals surface area (Å²) in [6.45, 7) is 5.06. The Hall–Kier alpha value is -3.65. The molecule has 0 spiro atoms. The molecule has 2 nitrogen and oxygen atoms in total. The Morgan fingerprint density at radius 2 is 1.30 bits per heavy atom. The summed E-state index contributed by atoms with van der Waals surface area (Å²) in [6, 6.07) is 37.1. The van der Waals surface area contributed by atoms with Gasteiger partial charge in [0.05, 0.1) is 5.69 Å². The van der Waals surface area contributed by atoms with Crippen LogP contribution in [0.4, 0.5) is 11.4 Å². The van der Waals surface area contributed by atoms with Gasteiger partial charge in [-0.3, -0.25) is 4.99 Å². The standard InChI is InChI=1S/C14H15N.C14H13N/c2*1-12-6-5-9-14(10-12)15-11-13-7-3-2-4-8-13/h2-10,15H,11H2,1H3;2-11H,1H3. The molecule has 0 radical (unpaired) electrons. The molecule has 2 heteroatoms. The SMILES string of the molecule is Cc1cccc(N=Cc2ccccc2)c1.Cc1cccc(NCc2ccccc2)c1. The molecule has 0 aliphatic carbocycles. The zero-order valence-corrected chi connectivity index (χ0v) is 17.6. The molecule has 0 fully saturated rings. The summed E-state index contributed by atoms with van der Waals surface area (Å²) in [5.74, 6) is 0. The first-order valence-electron chi connectivity index (χ1n) is 10.2. The molecular formula is C28H28N2. The van der Waals surface area contributed by atoms with Crippen LogP contribution in [-0.2, 0) is 6.54 Å². The third kappa shape index (κ3) is 7.40.